The average Bonchev–Trinajstić information content (AvgIpc) is 2.56. The molecule has 5 atom stereocenters. The van der Waals surface area contributed by atoms with E-state index in [4.69, 9.17) is 32.7 Å². The Morgan fingerprint density at radius 1 is 1.12 bits per heavy atom. The van der Waals surface area contributed by atoms with Crippen LogP contribution in [0.2, 0.25) is 10.0 Å². The van der Waals surface area contributed by atoms with Gasteiger partial charge in [-0.25, -0.2) is 0 Å². The van der Waals surface area contributed by atoms with E-state index in [0.29, 0.717) is 11.4 Å². The number of rotatable bonds is 4. The molecule has 0 bridgehead atoms. The van der Waals surface area contributed by atoms with E-state index in [-0.39, 0.29) is 32.2 Å². The molecule has 0 saturated carbocycles. The van der Waals surface area contributed by atoms with Crippen LogP contribution in [0, 0.1) is 0 Å². The first-order valence-electron chi connectivity index (χ1n) is 6.91. The van der Waals surface area contributed by atoms with Gasteiger partial charge in [0, 0.05) is 5.75 Å². The monoisotopic (exact) mass is 400 g/mol. The van der Waals surface area contributed by atoms with Crippen LogP contribution >= 0.6 is 34.6 Å². The van der Waals surface area contributed by atoms with E-state index in [1.165, 1.54) is 19.2 Å². The van der Waals surface area contributed by atoms with Gasteiger partial charge in [0.15, 0.2) is 6.29 Å². The summed E-state index contributed by atoms with van der Waals surface area (Å²) in [5.74, 6) is 0.231. The molecule has 1 aromatic rings. The number of benzene rings is 1. The highest BCUT2D eigenvalue weighted by Gasteiger charge is 2.42. The van der Waals surface area contributed by atoms with Crippen molar-refractivity contribution in [3.63, 3.8) is 0 Å². The molecule has 24 heavy (non-hydrogen) atoms. The maximum Gasteiger partial charge on any atom is 0.183 e. The molecule has 0 radical (unpaired) electrons. The summed E-state index contributed by atoms with van der Waals surface area (Å²) >= 11 is 12.4. The van der Waals surface area contributed by atoms with E-state index >= 15 is 0 Å². The van der Waals surface area contributed by atoms with Crippen LogP contribution in [0.15, 0.2) is 12.1 Å². The Bertz CT molecular complexity index is 627. The first-order valence-corrected chi connectivity index (χ1v) is 8.75. The maximum atomic E-state index is 10.3. The molecule has 0 spiro atoms. The van der Waals surface area contributed by atoms with Gasteiger partial charge >= 0.3 is 0 Å². The van der Waals surface area contributed by atoms with Gasteiger partial charge in [0.25, 0.3) is 0 Å². The zero-order valence-corrected chi connectivity index (χ0v) is 14.9. The minimum absolute atomic E-state index is 0.0276. The SMILES string of the molecule is COc1c(Cl)ccc(Cl)c1C(O)=[SH]C[C@H]1OC(O)[C@H](O)[C@@H](O)[C@@H]1O. The summed E-state index contributed by atoms with van der Waals surface area (Å²) in [6, 6.07) is 3.03. The Labute approximate surface area is 151 Å². The maximum absolute atomic E-state index is 10.3. The van der Waals surface area contributed by atoms with Crippen molar-refractivity contribution in [3.05, 3.63) is 27.7 Å². The molecule has 0 aromatic heterocycles. The van der Waals surface area contributed by atoms with E-state index in [2.05, 4.69) is 0 Å². The number of thiol groups is 1. The van der Waals surface area contributed by atoms with Crippen molar-refractivity contribution in [3.8, 4) is 5.75 Å². The Morgan fingerprint density at radius 3 is 2.38 bits per heavy atom. The molecule has 1 unspecified atom stereocenters. The largest absolute Gasteiger partial charge is 0.494 e. The van der Waals surface area contributed by atoms with Crippen molar-refractivity contribution in [2.75, 3.05) is 12.9 Å². The smallest absolute Gasteiger partial charge is 0.183 e. The second-order valence-corrected chi connectivity index (χ2v) is 7.06. The standard InChI is InChI=1S/C14H18Cl2O7S/c1-22-12-6(16)3-2-5(15)8(12)14(21)24-4-7-9(17)10(18)11(19)13(20)23-7/h2-3,7,9-11,13,17-21,24H,4H2,1H3/t7-,9-,10+,11-,13?/m1/s1. The van der Waals surface area contributed by atoms with Gasteiger partial charge in [0.1, 0.15) is 29.1 Å². The lowest BCUT2D eigenvalue weighted by Gasteiger charge is -2.38. The average molecular weight is 401 g/mol. The highest BCUT2D eigenvalue weighted by molar-refractivity contribution is 7.98. The minimum Gasteiger partial charge on any atom is -0.494 e. The number of halogens is 2. The first kappa shape index (κ1) is 19.9. The summed E-state index contributed by atoms with van der Waals surface area (Å²) in [4.78, 5) is 0. The summed E-state index contributed by atoms with van der Waals surface area (Å²) < 4.78 is 10.2. The van der Waals surface area contributed by atoms with Crippen LogP contribution in [0.25, 0.3) is 0 Å². The van der Waals surface area contributed by atoms with Crippen molar-refractivity contribution in [2.45, 2.75) is 30.7 Å². The lowest BCUT2D eigenvalue weighted by atomic mass is 10.0. The van der Waals surface area contributed by atoms with E-state index in [1.54, 1.807) is 0 Å². The molecule has 1 heterocycles. The van der Waals surface area contributed by atoms with Gasteiger partial charge in [0.05, 0.1) is 28.8 Å². The molecule has 7 nitrogen and oxygen atoms in total. The number of aliphatic hydroxyl groups excluding tert-OH is 5. The molecular formula is C14H18Cl2O7S. The molecule has 10 heteroatoms. The molecule has 1 aliphatic rings. The van der Waals surface area contributed by atoms with Crippen LogP contribution < -0.4 is 4.74 Å². The topological polar surface area (TPSA) is 120 Å². The number of ether oxygens (including phenoxy) is 2. The van der Waals surface area contributed by atoms with Gasteiger partial charge < -0.3 is 35.0 Å². The van der Waals surface area contributed by atoms with Gasteiger partial charge in [-0.3, -0.25) is 0 Å². The third kappa shape index (κ3) is 4.04. The van der Waals surface area contributed by atoms with Crippen molar-refractivity contribution < 1.29 is 35.0 Å². The molecule has 5 N–H and O–H groups in total. The second-order valence-electron chi connectivity index (χ2n) is 5.14. The zero-order chi connectivity index (χ0) is 18.0. The molecule has 1 saturated heterocycles. The Hall–Kier alpha value is -0.420. The van der Waals surface area contributed by atoms with Crippen LogP contribution in [0.5, 0.6) is 5.75 Å². The van der Waals surface area contributed by atoms with Crippen molar-refractivity contribution >= 4 is 39.6 Å². The molecule has 2 rings (SSSR count). The fourth-order valence-electron chi connectivity index (χ4n) is 2.28. The van der Waals surface area contributed by atoms with E-state index in [1.807, 2.05) is 0 Å². The molecule has 0 aliphatic carbocycles. The van der Waals surface area contributed by atoms with Crippen molar-refractivity contribution in [2.24, 2.45) is 0 Å². The van der Waals surface area contributed by atoms with Crippen LogP contribution in [0.1, 0.15) is 5.56 Å². The van der Waals surface area contributed by atoms with Gasteiger partial charge in [0.2, 0.25) is 0 Å². The summed E-state index contributed by atoms with van der Waals surface area (Å²) in [7, 11) is 1.38. The number of methoxy groups -OCH3 is 1. The molecule has 1 aliphatic heterocycles. The van der Waals surface area contributed by atoms with E-state index < -0.39 is 30.7 Å². The van der Waals surface area contributed by atoms with Gasteiger partial charge in [-0.05, 0) is 12.1 Å². The predicted octanol–water partition coefficient (Wildman–Crippen LogP) is 0.303. The van der Waals surface area contributed by atoms with Crippen LogP contribution in [0.3, 0.4) is 0 Å². The fraction of sp³-hybridized carbons (Fsp3) is 0.500. The Kier molecular flexibility index (Phi) is 6.89. The zero-order valence-electron chi connectivity index (χ0n) is 12.5. The van der Waals surface area contributed by atoms with Gasteiger partial charge in [-0.15, -0.1) is 0 Å². The molecule has 1 aromatic carbocycles. The fourth-order valence-corrected chi connectivity index (χ4v) is 3.85. The van der Waals surface area contributed by atoms with Crippen molar-refractivity contribution in [1.82, 2.24) is 0 Å². The summed E-state index contributed by atoms with van der Waals surface area (Å²) in [5, 5.41) is 49.1. The highest BCUT2D eigenvalue weighted by Crippen LogP contribution is 2.34. The van der Waals surface area contributed by atoms with Crippen molar-refractivity contribution in [1.29, 1.82) is 0 Å². The lowest BCUT2D eigenvalue weighted by molar-refractivity contribution is -0.276. The predicted molar refractivity (Wildman–Crippen MR) is 92.5 cm³/mol. The van der Waals surface area contributed by atoms with Crippen LogP contribution in [0.4, 0.5) is 0 Å². The van der Waals surface area contributed by atoms with Crippen LogP contribution in [-0.4, -0.2) is 74.2 Å². The summed E-state index contributed by atoms with van der Waals surface area (Å²) in [6.45, 7) is 0. The highest BCUT2D eigenvalue weighted by atomic mass is 35.5. The molecule has 136 valence electrons. The molecule has 1 fully saturated rings. The number of hydrogen-bond donors (Lipinski definition) is 6. The molecule has 0 amide bonds. The summed E-state index contributed by atoms with van der Waals surface area (Å²) in [6.07, 6.45) is -7.20. The Morgan fingerprint density at radius 2 is 1.75 bits per heavy atom. The third-order valence-electron chi connectivity index (χ3n) is 3.59. The van der Waals surface area contributed by atoms with Gasteiger partial charge in [-0.1, -0.05) is 23.2 Å². The normalized spacial score (nSPS) is 31.5. The quantitative estimate of drug-likeness (QED) is 0.317. The summed E-state index contributed by atoms with van der Waals surface area (Å²) in [5.41, 5.74) is 0.208. The van der Waals surface area contributed by atoms with E-state index in [9.17, 15) is 25.5 Å². The minimum atomic E-state index is -1.63. The molecular weight excluding hydrogens is 383 g/mol. The van der Waals surface area contributed by atoms with Crippen LogP contribution in [-0.2, 0) is 4.74 Å². The van der Waals surface area contributed by atoms with E-state index in [0.717, 1.165) is 0 Å². The third-order valence-corrected chi connectivity index (χ3v) is 5.27. The Balaban J connectivity index is 2.22. The first-order chi connectivity index (χ1) is 11.3. The van der Waals surface area contributed by atoms with Gasteiger partial charge in [-0.2, -0.15) is 11.4 Å². The number of aliphatic hydroxyl groups is 5. The number of hydrogen-bond acceptors (Lipinski definition) is 6. The second kappa shape index (κ2) is 8.31. The lowest BCUT2D eigenvalue weighted by Crippen LogP contribution is -2.58.